The summed E-state index contributed by atoms with van der Waals surface area (Å²) < 4.78 is 0. The first kappa shape index (κ1) is 15.0. The molecule has 0 aromatic rings. The van der Waals surface area contributed by atoms with Crippen molar-refractivity contribution in [3.8, 4) is 0 Å². The molecule has 0 spiro atoms. The lowest BCUT2D eigenvalue weighted by Gasteiger charge is -2.18. The van der Waals surface area contributed by atoms with E-state index in [9.17, 15) is 0 Å². The summed E-state index contributed by atoms with van der Waals surface area (Å²) in [7, 11) is 0. The molecule has 1 heteroatoms. The smallest absolute Gasteiger partial charge is 0.00670 e. The number of nitrogens with one attached hydrogen (secondary N) is 1. The molecule has 0 amide bonds. The van der Waals surface area contributed by atoms with Crippen LogP contribution in [0.4, 0.5) is 0 Å². The molecule has 0 fully saturated rings. The van der Waals surface area contributed by atoms with Crippen molar-refractivity contribution in [3.63, 3.8) is 0 Å². The lowest BCUT2D eigenvalue weighted by Crippen LogP contribution is -2.29. The molecule has 0 heterocycles. The van der Waals surface area contributed by atoms with Gasteiger partial charge in [0.1, 0.15) is 0 Å². The molecule has 0 aliphatic carbocycles. The van der Waals surface area contributed by atoms with Gasteiger partial charge in [-0.3, -0.25) is 0 Å². The molecule has 15 heavy (non-hydrogen) atoms. The summed E-state index contributed by atoms with van der Waals surface area (Å²) in [6, 6.07) is 0.794. The summed E-state index contributed by atoms with van der Waals surface area (Å²) in [4.78, 5) is 0. The molecule has 0 aliphatic heterocycles. The third kappa shape index (κ3) is 10.2. The standard InChI is InChI=1S/C14H31N/c1-4-7-10-12-14(11-8-5-2)15-13-9-6-3/h14-15H,4-13H2,1-3H3. The van der Waals surface area contributed by atoms with Crippen molar-refractivity contribution < 1.29 is 0 Å². The van der Waals surface area contributed by atoms with E-state index < -0.39 is 0 Å². The van der Waals surface area contributed by atoms with Gasteiger partial charge >= 0.3 is 0 Å². The monoisotopic (exact) mass is 213 g/mol. The SMILES string of the molecule is CCCCCC(CCCC)NCCCC. The van der Waals surface area contributed by atoms with Crippen LogP contribution in [0.25, 0.3) is 0 Å². The van der Waals surface area contributed by atoms with Crippen molar-refractivity contribution in [1.82, 2.24) is 5.32 Å². The summed E-state index contributed by atoms with van der Waals surface area (Å²) in [6.07, 6.45) is 12.3. The fourth-order valence-corrected chi connectivity index (χ4v) is 1.92. The van der Waals surface area contributed by atoms with E-state index >= 15 is 0 Å². The van der Waals surface area contributed by atoms with Crippen LogP contribution in [-0.4, -0.2) is 12.6 Å². The molecule has 0 rings (SSSR count). The largest absolute Gasteiger partial charge is 0.314 e. The van der Waals surface area contributed by atoms with E-state index in [1.807, 2.05) is 0 Å². The Morgan fingerprint density at radius 3 is 1.93 bits per heavy atom. The maximum Gasteiger partial charge on any atom is 0.00670 e. The van der Waals surface area contributed by atoms with Gasteiger partial charge in [0.25, 0.3) is 0 Å². The fourth-order valence-electron chi connectivity index (χ4n) is 1.92. The van der Waals surface area contributed by atoms with Crippen LogP contribution in [0.5, 0.6) is 0 Å². The second kappa shape index (κ2) is 12.0. The third-order valence-corrected chi connectivity index (χ3v) is 3.03. The average Bonchev–Trinajstić information content (AvgIpc) is 2.25. The van der Waals surface area contributed by atoms with Gasteiger partial charge in [0.05, 0.1) is 0 Å². The second-order valence-corrected chi connectivity index (χ2v) is 4.64. The van der Waals surface area contributed by atoms with Crippen LogP contribution in [0.3, 0.4) is 0 Å². The zero-order chi connectivity index (χ0) is 11.4. The predicted molar refractivity (Wildman–Crippen MR) is 70.4 cm³/mol. The van der Waals surface area contributed by atoms with Crippen molar-refractivity contribution >= 4 is 0 Å². The highest BCUT2D eigenvalue weighted by molar-refractivity contribution is 4.66. The van der Waals surface area contributed by atoms with E-state index in [1.54, 1.807) is 0 Å². The van der Waals surface area contributed by atoms with Crippen LogP contribution in [0.15, 0.2) is 0 Å². The zero-order valence-corrected chi connectivity index (χ0v) is 11.1. The molecule has 1 atom stereocenters. The van der Waals surface area contributed by atoms with Gasteiger partial charge < -0.3 is 5.32 Å². The highest BCUT2D eigenvalue weighted by Gasteiger charge is 2.06. The average molecular weight is 213 g/mol. The molecule has 92 valence electrons. The van der Waals surface area contributed by atoms with Gasteiger partial charge in [-0.1, -0.05) is 59.3 Å². The minimum Gasteiger partial charge on any atom is -0.314 e. The first-order valence-electron chi connectivity index (χ1n) is 7.08. The summed E-state index contributed by atoms with van der Waals surface area (Å²) in [6.45, 7) is 8.05. The third-order valence-electron chi connectivity index (χ3n) is 3.03. The molecule has 1 nitrogen and oxygen atoms in total. The predicted octanol–water partition coefficient (Wildman–Crippen LogP) is 4.52. The molecule has 1 unspecified atom stereocenters. The molecule has 0 radical (unpaired) electrons. The van der Waals surface area contributed by atoms with Crippen molar-refractivity contribution in [2.75, 3.05) is 6.54 Å². The van der Waals surface area contributed by atoms with Gasteiger partial charge in [0.15, 0.2) is 0 Å². The topological polar surface area (TPSA) is 12.0 Å². The Morgan fingerprint density at radius 2 is 1.33 bits per heavy atom. The Labute approximate surface area is 97.0 Å². The van der Waals surface area contributed by atoms with Crippen molar-refractivity contribution in [3.05, 3.63) is 0 Å². The van der Waals surface area contributed by atoms with Gasteiger partial charge in [0.2, 0.25) is 0 Å². The molecule has 0 aliphatic rings. The molecule has 0 bridgehead atoms. The Bertz CT molecular complexity index is 102. The number of hydrogen-bond acceptors (Lipinski definition) is 1. The van der Waals surface area contributed by atoms with Crippen molar-refractivity contribution in [2.24, 2.45) is 0 Å². The van der Waals surface area contributed by atoms with Gasteiger partial charge in [-0.15, -0.1) is 0 Å². The van der Waals surface area contributed by atoms with Crippen molar-refractivity contribution in [1.29, 1.82) is 0 Å². The summed E-state index contributed by atoms with van der Waals surface area (Å²) in [5.41, 5.74) is 0. The molecule has 0 saturated carbocycles. The van der Waals surface area contributed by atoms with Crippen LogP contribution in [-0.2, 0) is 0 Å². The fraction of sp³-hybridized carbons (Fsp3) is 1.00. The van der Waals surface area contributed by atoms with E-state index in [0.717, 1.165) is 6.04 Å². The van der Waals surface area contributed by atoms with Gasteiger partial charge in [-0.05, 0) is 25.8 Å². The summed E-state index contributed by atoms with van der Waals surface area (Å²) >= 11 is 0. The molecule has 1 N–H and O–H groups in total. The highest BCUT2D eigenvalue weighted by atomic mass is 14.9. The molecular weight excluding hydrogens is 182 g/mol. The highest BCUT2D eigenvalue weighted by Crippen LogP contribution is 2.09. The molecule has 0 saturated heterocycles. The van der Waals surface area contributed by atoms with E-state index in [1.165, 1.54) is 64.3 Å². The van der Waals surface area contributed by atoms with Gasteiger partial charge in [-0.2, -0.15) is 0 Å². The first-order valence-corrected chi connectivity index (χ1v) is 7.08. The normalized spacial score (nSPS) is 13.0. The van der Waals surface area contributed by atoms with Crippen LogP contribution in [0, 0.1) is 0 Å². The Morgan fingerprint density at radius 1 is 0.733 bits per heavy atom. The van der Waals surface area contributed by atoms with Gasteiger partial charge in [0, 0.05) is 6.04 Å². The molecular formula is C14H31N. The van der Waals surface area contributed by atoms with E-state index in [4.69, 9.17) is 0 Å². The zero-order valence-electron chi connectivity index (χ0n) is 11.1. The summed E-state index contributed by atoms with van der Waals surface area (Å²) in [5.74, 6) is 0. The minimum atomic E-state index is 0.794. The molecule has 0 aromatic heterocycles. The molecule has 0 aromatic carbocycles. The Balaban J connectivity index is 3.53. The minimum absolute atomic E-state index is 0.794. The number of hydrogen-bond donors (Lipinski definition) is 1. The van der Waals surface area contributed by atoms with Gasteiger partial charge in [-0.25, -0.2) is 0 Å². The quantitative estimate of drug-likeness (QED) is 0.498. The maximum atomic E-state index is 3.71. The van der Waals surface area contributed by atoms with Crippen LogP contribution < -0.4 is 5.32 Å². The van der Waals surface area contributed by atoms with E-state index in [0.29, 0.717) is 0 Å². The lowest BCUT2D eigenvalue weighted by atomic mass is 10.0. The number of rotatable bonds is 11. The first-order chi connectivity index (χ1) is 7.35. The Kier molecular flexibility index (Phi) is 12.0. The summed E-state index contributed by atoms with van der Waals surface area (Å²) in [5, 5.41) is 3.71. The van der Waals surface area contributed by atoms with Crippen LogP contribution in [0.2, 0.25) is 0 Å². The van der Waals surface area contributed by atoms with E-state index in [-0.39, 0.29) is 0 Å². The lowest BCUT2D eigenvalue weighted by molar-refractivity contribution is 0.419. The number of unbranched alkanes of at least 4 members (excludes halogenated alkanes) is 4. The van der Waals surface area contributed by atoms with E-state index in [2.05, 4.69) is 26.1 Å². The van der Waals surface area contributed by atoms with Crippen LogP contribution in [0.1, 0.15) is 78.6 Å². The Hall–Kier alpha value is -0.0400. The second-order valence-electron chi connectivity index (χ2n) is 4.64. The maximum absolute atomic E-state index is 3.71. The van der Waals surface area contributed by atoms with Crippen LogP contribution >= 0.6 is 0 Å². The van der Waals surface area contributed by atoms with Crippen molar-refractivity contribution in [2.45, 2.75) is 84.6 Å².